The summed E-state index contributed by atoms with van der Waals surface area (Å²) < 4.78 is 18.6. The summed E-state index contributed by atoms with van der Waals surface area (Å²) in [7, 11) is 0. The van der Waals surface area contributed by atoms with E-state index in [1.165, 1.54) is 23.4 Å². The Morgan fingerprint density at radius 3 is 2.74 bits per heavy atom. The molecule has 0 spiro atoms. The lowest BCUT2D eigenvalue weighted by molar-refractivity contribution is 0.0445. The van der Waals surface area contributed by atoms with Crippen LogP contribution in [-0.4, -0.2) is 49.8 Å². The third-order valence-electron chi connectivity index (χ3n) is 5.12. The van der Waals surface area contributed by atoms with Crippen LogP contribution in [0, 0.1) is 5.82 Å². The van der Waals surface area contributed by atoms with Crippen LogP contribution in [0.2, 0.25) is 0 Å². The van der Waals surface area contributed by atoms with Crippen LogP contribution in [-0.2, 0) is 6.42 Å². The Bertz CT molecular complexity index is 790. The van der Waals surface area contributed by atoms with E-state index in [1.54, 1.807) is 17.0 Å². The first kappa shape index (κ1) is 17.6. The molecule has 0 saturated carbocycles. The van der Waals surface area contributed by atoms with E-state index in [0.717, 1.165) is 25.9 Å². The van der Waals surface area contributed by atoms with E-state index in [2.05, 4.69) is 34.5 Å². The van der Waals surface area contributed by atoms with Gasteiger partial charge in [-0.25, -0.2) is 9.18 Å². The van der Waals surface area contributed by atoms with Crippen LogP contribution in [0.5, 0.6) is 5.75 Å². The van der Waals surface area contributed by atoms with Crippen LogP contribution in [0.25, 0.3) is 0 Å². The molecule has 5 nitrogen and oxygen atoms in total. The fraction of sp³-hybridized carbons (Fsp3) is 0.381. The zero-order valence-electron chi connectivity index (χ0n) is 15.2. The second-order valence-corrected chi connectivity index (χ2v) is 7.05. The second-order valence-electron chi connectivity index (χ2n) is 7.05. The van der Waals surface area contributed by atoms with Gasteiger partial charge in [0.15, 0.2) is 0 Å². The molecule has 2 aliphatic heterocycles. The third kappa shape index (κ3) is 4.15. The molecule has 2 aromatic rings. The Hall–Kier alpha value is -2.76. The van der Waals surface area contributed by atoms with E-state index in [4.69, 9.17) is 4.74 Å². The fourth-order valence-electron chi connectivity index (χ4n) is 3.64. The summed E-state index contributed by atoms with van der Waals surface area (Å²) in [4.78, 5) is 16.3. The molecule has 2 aliphatic rings. The number of carbonyl (C=O) groups is 1. The van der Waals surface area contributed by atoms with Crippen LogP contribution in [0.4, 0.5) is 14.9 Å². The number of ether oxygens (including phenoxy) is 1. The Kier molecular flexibility index (Phi) is 5.14. The Morgan fingerprint density at radius 2 is 1.93 bits per heavy atom. The molecule has 0 unspecified atom stereocenters. The molecule has 1 saturated heterocycles. The zero-order valence-corrected chi connectivity index (χ0v) is 15.2. The summed E-state index contributed by atoms with van der Waals surface area (Å²) in [6, 6.07) is 14.4. The summed E-state index contributed by atoms with van der Waals surface area (Å²) in [5.41, 5.74) is 2.67. The van der Waals surface area contributed by atoms with Crippen LogP contribution in [0.3, 0.4) is 0 Å². The number of fused-ring (bicyclic) bond motifs is 1. The molecule has 2 amide bonds. The number of nitrogens with zero attached hydrogens (tertiary/aromatic N) is 2. The number of urea groups is 1. The predicted octanol–water partition coefficient (Wildman–Crippen LogP) is 3.05. The summed E-state index contributed by atoms with van der Waals surface area (Å²) in [6.45, 7) is 3.56. The smallest absolute Gasteiger partial charge is 0.317 e. The van der Waals surface area contributed by atoms with Crippen molar-refractivity contribution in [1.29, 1.82) is 0 Å². The molecule has 2 aromatic carbocycles. The topological polar surface area (TPSA) is 44.8 Å². The van der Waals surface area contributed by atoms with Crippen molar-refractivity contribution in [3.8, 4) is 5.75 Å². The fourth-order valence-corrected chi connectivity index (χ4v) is 3.64. The average Bonchev–Trinajstić information content (AvgIpc) is 2.66. The Balaban J connectivity index is 1.19. The quantitative estimate of drug-likeness (QED) is 0.881. The molecule has 2 heterocycles. The SMILES string of the molecule is O=C(NCCN1CCCc2ccccc21)N1CC(Oc2ccc(F)cc2)C1. The van der Waals surface area contributed by atoms with Gasteiger partial charge in [-0.3, -0.25) is 0 Å². The van der Waals surface area contributed by atoms with E-state index in [0.29, 0.717) is 25.4 Å². The van der Waals surface area contributed by atoms with Gasteiger partial charge in [0.2, 0.25) is 0 Å². The molecule has 0 bridgehead atoms. The van der Waals surface area contributed by atoms with E-state index in [1.807, 2.05) is 0 Å². The second kappa shape index (κ2) is 7.86. The van der Waals surface area contributed by atoms with Crippen molar-refractivity contribution in [3.05, 3.63) is 59.9 Å². The number of halogens is 1. The first-order chi connectivity index (χ1) is 13.2. The lowest BCUT2D eigenvalue weighted by Crippen LogP contribution is -2.59. The van der Waals surface area contributed by atoms with Gasteiger partial charge in [0.1, 0.15) is 17.7 Å². The molecule has 0 radical (unpaired) electrons. The van der Waals surface area contributed by atoms with Crippen LogP contribution < -0.4 is 15.0 Å². The molecule has 0 aliphatic carbocycles. The van der Waals surface area contributed by atoms with Crippen molar-refractivity contribution >= 4 is 11.7 Å². The minimum Gasteiger partial charge on any atom is -0.487 e. The summed E-state index contributed by atoms with van der Waals surface area (Å²) in [5.74, 6) is 0.346. The number of likely N-dealkylation sites (tertiary alicyclic amines) is 1. The molecule has 1 fully saturated rings. The first-order valence-electron chi connectivity index (χ1n) is 9.47. The van der Waals surface area contributed by atoms with Crippen LogP contribution in [0.1, 0.15) is 12.0 Å². The maximum absolute atomic E-state index is 12.9. The van der Waals surface area contributed by atoms with Gasteiger partial charge in [0.25, 0.3) is 0 Å². The van der Waals surface area contributed by atoms with Crippen molar-refractivity contribution in [1.82, 2.24) is 10.2 Å². The van der Waals surface area contributed by atoms with Crippen molar-refractivity contribution in [2.45, 2.75) is 18.9 Å². The van der Waals surface area contributed by atoms with Gasteiger partial charge in [-0.2, -0.15) is 0 Å². The lowest BCUT2D eigenvalue weighted by atomic mass is 10.0. The highest BCUT2D eigenvalue weighted by atomic mass is 19.1. The van der Waals surface area contributed by atoms with E-state index in [9.17, 15) is 9.18 Å². The minimum absolute atomic E-state index is 0.0322. The lowest BCUT2D eigenvalue weighted by Gasteiger charge is -2.39. The molecule has 1 N–H and O–H groups in total. The number of anilines is 1. The predicted molar refractivity (Wildman–Crippen MR) is 103 cm³/mol. The highest BCUT2D eigenvalue weighted by Crippen LogP contribution is 2.26. The minimum atomic E-state index is -0.284. The Morgan fingerprint density at radius 1 is 1.15 bits per heavy atom. The van der Waals surface area contributed by atoms with Crippen molar-refractivity contribution in [3.63, 3.8) is 0 Å². The molecule has 27 heavy (non-hydrogen) atoms. The van der Waals surface area contributed by atoms with E-state index in [-0.39, 0.29) is 18.0 Å². The molecule has 6 heteroatoms. The number of benzene rings is 2. The van der Waals surface area contributed by atoms with Gasteiger partial charge in [-0.1, -0.05) is 18.2 Å². The number of carbonyl (C=O) groups excluding carboxylic acids is 1. The number of amides is 2. The molecule has 142 valence electrons. The van der Waals surface area contributed by atoms with Crippen molar-refractivity contribution in [2.24, 2.45) is 0 Å². The van der Waals surface area contributed by atoms with E-state index >= 15 is 0 Å². The van der Waals surface area contributed by atoms with Gasteiger partial charge in [0.05, 0.1) is 13.1 Å². The summed E-state index contributed by atoms with van der Waals surface area (Å²) in [6.07, 6.45) is 2.25. The maximum Gasteiger partial charge on any atom is 0.317 e. The molecule has 0 aromatic heterocycles. The summed E-state index contributed by atoms with van der Waals surface area (Å²) >= 11 is 0. The molecule has 0 atom stereocenters. The Labute approximate surface area is 158 Å². The monoisotopic (exact) mass is 369 g/mol. The molecule has 4 rings (SSSR count). The molecular weight excluding hydrogens is 345 g/mol. The highest BCUT2D eigenvalue weighted by Gasteiger charge is 2.32. The van der Waals surface area contributed by atoms with Crippen molar-refractivity contribution < 1.29 is 13.9 Å². The van der Waals surface area contributed by atoms with Crippen LogP contribution in [0.15, 0.2) is 48.5 Å². The van der Waals surface area contributed by atoms with Gasteiger partial charge in [-0.15, -0.1) is 0 Å². The normalized spacial score (nSPS) is 16.5. The van der Waals surface area contributed by atoms with Gasteiger partial charge in [0, 0.05) is 25.3 Å². The first-order valence-corrected chi connectivity index (χ1v) is 9.47. The number of rotatable bonds is 5. The maximum atomic E-state index is 12.9. The van der Waals surface area contributed by atoms with E-state index < -0.39 is 0 Å². The van der Waals surface area contributed by atoms with Crippen molar-refractivity contribution in [2.75, 3.05) is 37.6 Å². The zero-order chi connectivity index (χ0) is 18.6. The average molecular weight is 369 g/mol. The standard InChI is InChI=1S/C21H24FN3O2/c22-17-7-9-18(10-8-17)27-19-14-25(15-19)21(26)23-11-13-24-12-3-5-16-4-1-2-6-20(16)24/h1-2,4,6-10,19H,3,5,11-15H2,(H,23,26). The van der Waals surface area contributed by atoms with Gasteiger partial charge in [-0.05, 0) is 48.7 Å². The third-order valence-corrected chi connectivity index (χ3v) is 5.12. The van der Waals surface area contributed by atoms with Gasteiger partial charge < -0.3 is 19.9 Å². The number of hydrogen-bond acceptors (Lipinski definition) is 3. The van der Waals surface area contributed by atoms with Crippen LogP contribution >= 0.6 is 0 Å². The number of para-hydroxylation sites is 1. The highest BCUT2D eigenvalue weighted by molar-refractivity contribution is 5.75. The number of hydrogen-bond donors (Lipinski definition) is 1. The number of nitrogens with one attached hydrogen (secondary N) is 1. The largest absolute Gasteiger partial charge is 0.487 e. The van der Waals surface area contributed by atoms with Gasteiger partial charge >= 0.3 is 6.03 Å². The number of aryl methyl sites for hydroxylation is 1. The molecular formula is C21H24FN3O2. The summed E-state index contributed by atoms with van der Waals surface area (Å²) in [5, 5.41) is 2.99.